The maximum absolute atomic E-state index is 11.0. The number of amides is 1. The molecule has 3 N–H and O–H groups in total. The van der Waals surface area contributed by atoms with E-state index < -0.39 is 5.91 Å². The number of primary amides is 1. The van der Waals surface area contributed by atoms with E-state index in [0.717, 1.165) is 10.5 Å². The van der Waals surface area contributed by atoms with Gasteiger partial charge in [0.1, 0.15) is 11.4 Å². The van der Waals surface area contributed by atoms with Gasteiger partial charge in [-0.25, -0.2) is 0 Å². The number of carbonyl (C=O) groups is 2. The van der Waals surface area contributed by atoms with Crippen molar-refractivity contribution in [1.29, 1.82) is 0 Å². The van der Waals surface area contributed by atoms with Crippen LogP contribution in [0, 0.1) is 0 Å². The highest BCUT2D eigenvalue weighted by atomic mass is 32.2. The van der Waals surface area contributed by atoms with Crippen LogP contribution in [-0.2, 0) is 9.59 Å². The van der Waals surface area contributed by atoms with Crippen molar-refractivity contribution >= 4 is 29.9 Å². The molecular weight excluding hydrogens is 240 g/mol. The van der Waals surface area contributed by atoms with Crippen LogP contribution in [0.15, 0.2) is 28.8 Å². The number of fused-ring (bicyclic) bond motifs is 1. The van der Waals surface area contributed by atoms with Crippen LogP contribution < -0.4 is 15.2 Å². The van der Waals surface area contributed by atoms with Crippen molar-refractivity contribution in [2.45, 2.75) is 11.8 Å². The number of ether oxygens (including phenoxy) is 1. The fourth-order valence-electron chi connectivity index (χ4n) is 1.37. The van der Waals surface area contributed by atoms with E-state index in [0.29, 0.717) is 11.4 Å². The Morgan fingerprint density at radius 3 is 2.82 bits per heavy atom. The fraction of sp³-hybridized carbons (Fsp3) is 0.0909. The molecule has 1 heterocycles. The molecule has 0 bridgehead atoms. The number of rotatable bonds is 2. The molecule has 0 aromatic heterocycles. The Morgan fingerprint density at radius 2 is 2.18 bits per heavy atom. The molecule has 1 amide bonds. The monoisotopic (exact) mass is 250 g/mol. The molecular formula is C11H10N2O3S. The first-order chi connectivity index (χ1) is 8.06. The molecule has 2 rings (SSSR count). The van der Waals surface area contributed by atoms with Crippen LogP contribution in [0.4, 0.5) is 0 Å². The highest BCUT2D eigenvalue weighted by Gasteiger charge is 2.15. The van der Waals surface area contributed by atoms with Crippen LogP contribution in [-0.4, -0.2) is 11.9 Å². The number of nitrogens with two attached hydrogens (primary N) is 1. The molecule has 1 aromatic rings. The highest BCUT2D eigenvalue weighted by Crippen LogP contribution is 2.31. The summed E-state index contributed by atoms with van der Waals surface area (Å²) in [5.74, 6) is -0.402. The summed E-state index contributed by atoms with van der Waals surface area (Å²) >= 11 is 1.26. The summed E-state index contributed by atoms with van der Waals surface area (Å²) in [5.41, 5.74) is 6.38. The molecule has 88 valence electrons. The molecule has 0 radical (unpaired) electrons. The largest absolute Gasteiger partial charge is 0.427 e. The Balaban J connectivity index is 2.31. The minimum absolute atomic E-state index is 0.350. The van der Waals surface area contributed by atoms with E-state index in [1.807, 2.05) is 0 Å². The minimum atomic E-state index is -0.507. The summed E-state index contributed by atoms with van der Waals surface area (Å²) in [6, 6.07) is 5.16. The summed E-state index contributed by atoms with van der Waals surface area (Å²) in [7, 11) is 0. The zero-order valence-corrected chi connectivity index (χ0v) is 9.84. The Morgan fingerprint density at radius 1 is 1.41 bits per heavy atom. The first-order valence-corrected chi connectivity index (χ1v) is 5.65. The van der Waals surface area contributed by atoms with E-state index in [-0.39, 0.29) is 5.97 Å². The summed E-state index contributed by atoms with van der Waals surface area (Å²) in [6.07, 6.45) is 1.66. The standard InChI is InChI=1S/C11H10N2O3S/c1-6(14)16-8-3-2-7-4-9(11(12)15)13-17-10(7)5-8/h2-5,13H,1H3,(H2,12,15). The van der Waals surface area contributed by atoms with E-state index >= 15 is 0 Å². The molecule has 6 heteroatoms. The summed E-state index contributed by atoms with van der Waals surface area (Å²) < 4.78 is 7.78. The van der Waals surface area contributed by atoms with E-state index in [9.17, 15) is 9.59 Å². The van der Waals surface area contributed by atoms with Gasteiger partial charge in [0.15, 0.2) is 0 Å². The van der Waals surface area contributed by atoms with Crippen LogP contribution in [0.3, 0.4) is 0 Å². The number of hydrogen-bond acceptors (Lipinski definition) is 5. The van der Waals surface area contributed by atoms with Gasteiger partial charge in [0.2, 0.25) is 0 Å². The maximum Gasteiger partial charge on any atom is 0.308 e. The quantitative estimate of drug-likeness (QED) is 0.466. The third-order valence-corrected chi connectivity index (χ3v) is 2.98. The van der Waals surface area contributed by atoms with Gasteiger partial charge < -0.3 is 15.2 Å². The Hall–Kier alpha value is -1.95. The normalized spacial score (nSPS) is 13.1. The molecule has 1 aliphatic heterocycles. The third kappa shape index (κ3) is 2.59. The van der Waals surface area contributed by atoms with Crippen LogP contribution >= 0.6 is 11.9 Å². The number of nitrogens with one attached hydrogen (secondary N) is 1. The molecule has 5 nitrogen and oxygen atoms in total. The Kier molecular flexibility index (Phi) is 3.06. The van der Waals surface area contributed by atoms with Gasteiger partial charge in [-0.05, 0) is 35.7 Å². The van der Waals surface area contributed by atoms with Gasteiger partial charge in [-0.3, -0.25) is 9.59 Å². The molecule has 1 aliphatic rings. The topological polar surface area (TPSA) is 81.4 Å². The number of hydrogen-bond donors (Lipinski definition) is 2. The first-order valence-electron chi connectivity index (χ1n) is 4.83. The second kappa shape index (κ2) is 4.50. The van der Waals surface area contributed by atoms with Crippen molar-refractivity contribution in [3.05, 3.63) is 29.5 Å². The summed E-state index contributed by atoms with van der Waals surface area (Å²) in [4.78, 5) is 22.7. The zero-order chi connectivity index (χ0) is 12.4. The van der Waals surface area contributed by atoms with Gasteiger partial charge >= 0.3 is 5.97 Å². The summed E-state index contributed by atoms with van der Waals surface area (Å²) in [6.45, 7) is 1.34. The molecule has 0 atom stereocenters. The van der Waals surface area contributed by atoms with Crippen molar-refractivity contribution in [3.63, 3.8) is 0 Å². The minimum Gasteiger partial charge on any atom is -0.427 e. The van der Waals surface area contributed by atoms with Gasteiger partial charge in [-0.1, -0.05) is 6.07 Å². The van der Waals surface area contributed by atoms with Gasteiger partial charge in [0, 0.05) is 11.8 Å². The number of carbonyl (C=O) groups excluding carboxylic acids is 2. The van der Waals surface area contributed by atoms with E-state index in [1.165, 1.54) is 18.9 Å². The van der Waals surface area contributed by atoms with Gasteiger partial charge in [-0.2, -0.15) is 0 Å². The van der Waals surface area contributed by atoms with Gasteiger partial charge in [0.25, 0.3) is 5.91 Å². The van der Waals surface area contributed by atoms with E-state index in [4.69, 9.17) is 10.5 Å². The lowest BCUT2D eigenvalue weighted by Crippen LogP contribution is -2.23. The fourth-order valence-corrected chi connectivity index (χ4v) is 2.17. The van der Waals surface area contributed by atoms with Crippen molar-refractivity contribution in [1.82, 2.24) is 4.72 Å². The molecule has 0 saturated carbocycles. The third-order valence-electron chi connectivity index (χ3n) is 2.08. The van der Waals surface area contributed by atoms with Crippen molar-refractivity contribution in [2.75, 3.05) is 0 Å². The van der Waals surface area contributed by atoms with Crippen molar-refractivity contribution < 1.29 is 14.3 Å². The Bertz CT molecular complexity index is 525. The molecule has 0 unspecified atom stereocenters. The zero-order valence-electron chi connectivity index (χ0n) is 9.02. The number of esters is 1. The second-order valence-electron chi connectivity index (χ2n) is 3.42. The lowest BCUT2D eigenvalue weighted by atomic mass is 10.1. The number of benzene rings is 1. The van der Waals surface area contributed by atoms with E-state index in [1.54, 1.807) is 24.3 Å². The van der Waals surface area contributed by atoms with Crippen LogP contribution in [0.2, 0.25) is 0 Å². The predicted molar refractivity (Wildman–Crippen MR) is 63.9 cm³/mol. The van der Waals surface area contributed by atoms with Crippen molar-refractivity contribution in [3.8, 4) is 5.75 Å². The summed E-state index contributed by atoms with van der Waals surface area (Å²) in [5, 5.41) is 0. The lowest BCUT2D eigenvalue weighted by Gasteiger charge is -2.16. The predicted octanol–water partition coefficient (Wildman–Crippen LogP) is 1.05. The van der Waals surface area contributed by atoms with Crippen LogP contribution in [0.5, 0.6) is 5.75 Å². The highest BCUT2D eigenvalue weighted by molar-refractivity contribution is 7.97. The van der Waals surface area contributed by atoms with Crippen molar-refractivity contribution in [2.24, 2.45) is 5.73 Å². The SMILES string of the molecule is CC(=O)Oc1ccc2c(c1)SNC(C(N)=O)=C2. The van der Waals surface area contributed by atoms with E-state index in [2.05, 4.69) is 4.72 Å². The first kappa shape index (κ1) is 11.5. The smallest absolute Gasteiger partial charge is 0.308 e. The maximum atomic E-state index is 11.0. The van der Waals surface area contributed by atoms with Crippen LogP contribution in [0.25, 0.3) is 6.08 Å². The lowest BCUT2D eigenvalue weighted by molar-refractivity contribution is -0.131. The van der Waals surface area contributed by atoms with Crippen LogP contribution in [0.1, 0.15) is 12.5 Å². The molecule has 1 aromatic carbocycles. The van der Waals surface area contributed by atoms with Gasteiger partial charge in [-0.15, -0.1) is 0 Å². The molecule has 17 heavy (non-hydrogen) atoms. The second-order valence-corrected chi connectivity index (χ2v) is 4.27. The molecule has 0 saturated heterocycles. The average molecular weight is 250 g/mol. The molecule has 0 spiro atoms. The van der Waals surface area contributed by atoms with Gasteiger partial charge in [0.05, 0.1) is 0 Å². The molecule has 0 aliphatic carbocycles. The average Bonchev–Trinajstić information content (AvgIpc) is 2.27. The molecule has 0 fully saturated rings. The Labute approximate surface area is 102 Å².